The summed E-state index contributed by atoms with van der Waals surface area (Å²) in [7, 11) is -4.31. The minimum absolute atomic E-state index is 0.259. The molecule has 0 spiro atoms. The lowest BCUT2D eigenvalue weighted by Gasteiger charge is -2.23. The van der Waals surface area contributed by atoms with E-state index in [0.29, 0.717) is 12.8 Å². The van der Waals surface area contributed by atoms with Gasteiger partial charge in [-0.3, -0.25) is 9.35 Å². The smallest absolute Gasteiger partial charge is 0.266 e. The summed E-state index contributed by atoms with van der Waals surface area (Å²) < 4.78 is 32.5. The maximum Gasteiger partial charge on any atom is 0.266 e. The number of carbonyl (C=O) groups excluding carboxylic acids is 1. The van der Waals surface area contributed by atoms with E-state index in [0.717, 1.165) is 70.6 Å². The molecule has 0 aliphatic rings. The summed E-state index contributed by atoms with van der Waals surface area (Å²) in [6.07, 6.45) is 42.7. The van der Waals surface area contributed by atoms with Crippen molar-refractivity contribution in [2.45, 2.75) is 219 Å². The highest BCUT2D eigenvalue weighted by atomic mass is 32.2. The maximum absolute atomic E-state index is 12.5. The Hall–Kier alpha value is -1.18. The molecule has 0 fully saturated rings. The maximum atomic E-state index is 12.5. The van der Waals surface area contributed by atoms with Crippen LogP contribution in [0.5, 0.6) is 0 Å². The number of rotatable bonds is 36. The molecule has 2 atom stereocenters. The number of hydrogen-bond donors (Lipinski definition) is 3. The van der Waals surface area contributed by atoms with Gasteiger partial charge in [0, 0.05) is 6.42 Å². The highest BCUT2D eigenvalue weighted by Gasteiger charge is 2.26. The van der Waals surface area contributed by atoms with Crippen LogP contribution >= 0.6 is 0 Å². The van der Waals surface area contributed by atoms with Gasteiger partial charge in [-0.25, -0.2) is 0 Å². The van der Waals surface area contributed by atoms with Crippen LogP contribution in [0.1, 0.15) is 206 Å². The normalized spacial score (nSPS) is 13.5. The van der Waals surface area contributed by atoms with E-state index in [2.05, 4.69) is 43.5 Å². The highest BCUT2D eigenvalue weighted by Crippen LogP contribution is 2.16. The van der Waals surface area contributed by atoms with Crippen molar-refractivity contribution < 1.29 is 22.9 Å². The topological polar surface area (TPSA) is 104 Å². The highest BCUT2D eigenvalue weighted by molar-refractivity contribution is 7.85. The quantitative estimate of drug-likeness (QED) is 0.0346. The lowest BCUT2D eigenvalue weighted by atomic mass is 10.0. The second-order valence-corrected chi connectivity index (χ2v) is 15.4. The Morgan fingerprint density at radius 1 is 0.574 bits per heavy atom. The van der Waals surface area contributed by atoms with Crippen LogP contribution in [0.25, 0.3) is 0 Å². The molecule has 278 valence electrons. The van der Waals surface area contributed by atoms with E-state index < -0.39 is 28.0 Å². The zero-order valence-corrected chi connectivity index (χ0v) is 31.7. The van der Waals surface area contributed by atoms with Crippen LogP contribution in [0, 0.1) is 0 Å². The summed E-state index contributed by atoms with van der Waals surface area (Å²) in [4.78, 5) is 12.5. The Morgan fingerprint density at radius 2 is 1.00 bits per heavy atom. The van der Waals surface area contributed by atoms with E-state index in [4.69, 9.17) is 0 Å². The van der Waals surface area contributed by atoms with Gasteiger partial charge in [-0.15, -0.1) is 0 Å². The summed E-state index contributed by atoms with van der Waals surface area (Å²) in [6.45, 7) is 4.46. The third-order valence-electron chi connectivity index (χ3n) is 9.14. The monoisotopic (exact) mass is 684 g/mol. The molecule has 2 unspecified atom stereocenters. The van der Waals surface area contributed by atoms with Crippen molar-refractivity contribution in [2.75, 3.05) is 5.75 Å². The van der Waals surface area contributed by atoms with E-state index in [1.165, 1.54) is 109 Å². The van der Waals surface area contributed by atoms with Crippen LogP contribution in [-0.2, 0) is 14.9 Å². The van der Waals surface area contributed by atoms with Gasteiger partial charge in [-0.1, -0.05) is 186 Å². The third-order valence-corrected chi connectivity index (χ3v) is 9.92. The molecule has 0 heterocycles. The Bertz CT molecular complexity index is 842. The molecule has 0 aliphatic heterocycles. The van der Waals surface area contributed by atoms with Gasteiger partial charge in [0.25, 0.3) is 10.1 Å². The predicted octanol–water partition coefficient (Wildman–Crippen LogP) is 11.6. The summed E-state index contributed by atoms with van der Waals surface area (Å²) in [5.41, 5.74) is 0. The van der Waals surface area contributed by atoms with Crippen molar-refractivity contribution >= 4 is 16.0 Å². The van der Waals surface area contributed by atoms with Gasteiger partial charge in [0.15, 0.2) is 0 Å². The fourth-order valence-corrected chi connectivity index (χ4v) is 6.90. The van der Waals surface area contributed by atoms with E-state index in [9.17, 15) is 22.9 Å². The largest absolute Gasteiger partial charge is 0.391 e. The average Bonchev–Trinajstić information content (AvgIpc) is 3.03. The van der Waals surface area contributed by atoms with E-state index in [1.807, 2.05) is 0 Å². The fourth-order valence-electron chi connectivity index (χ4n) is 6.14. The minimum atomic E-state index is -4.31. The van der Waals surface area contributed by atoms with Crippen molar-refractivity contribution in [2.24, 2.45) is 0 Å². The number of carbonyl (C=O) groups is 1. The summed E-state index contributed by atoms with van der Waals surface area (Å²) >= 11 is 0. The zero-order chi connectivity index (χ0) is 34.7. The minimum Gasteiger partial charge on any atom is -0.391 e. The van der Waals surface area contributed by atoms with Crippen molar-refractivity contribution in [3.05, 3.63) is 24.3 Å². The van der Waals surface area contributed by atoms with Gasteiger partial charge in [-0.2, -0.15) is 8.42 Å². The zero-order valence-electron chi connectivity index (χ0n) is 30.9. The van der Waals surface area contributed by atoms with Gasteiger partial charge < -0.3 is 10.4 Å². The first-order valence-corrected chi connectivity index (χ1v) is 21.6. The molecule has 0 radical (unpaired) electrons. The van der Waals surface area contributed by atoms with Gasteiger partial charge in [0.2, 0.25) is 5.91 Å². The molecule has 0 aromatic rings. The first-order valence-electron chi connectivity index (χ1n) is 20.0. The lowest BCUT2D eigenvalue weighted by Crippen LogP contribution is -2.47. The van der Waals surface area contributed by atoms with Crippen molar-refractivity contribution in [1.29, 1.82) is 0 Å². The predicted molar refractivity (Wildman–Crippen MR) is 202 cm³/mol. The second-order valence-electron chi connectivity index (χ2n) is 13.9. The Kier molecular flexibility index (Phi) is 33.8. The second kappa shape index (κ2) is 34.7. The number of nitrogens with one attached hydrogen (secondary N) is 1. The summed E-state index contributed by atoms with van der Waals surface area (Å²) in [6, 6.07) is -0.975. The Labute approximate surface area is 292 Å². The molecule has 0 saturated heterocycles. The van der Waals surface area contributed by atoms with Crippen LogP contribution < -0.4 is 5.32 Å². The SMILES string of the molecule is CCC/C=C\C/C=C\CCCCCCCC(=O)NC(CS(=O)(=O)O)C(O)CCCCCCCCCCCCCCCCCCCCC. The summed E-state index contributed by atoms with van der Waals surface area (Å²) in [5, 5.41) is 13.3. The molecule has 0 aromatic heterocycles. The molecular formula is C40H77NO5S. The van der Waals surface area contributed by atoms with Crippen LogP contribution in [-0.4, -0.2) is 41.9 Å². The van der Waals surface area contributed by atoms with Crippen LogP contribution in [0.3, 0.4) is 0 Å². The molecule has 0 rings (SSSR count). The molecule has 3 N–H and O–H groups in total. The number of aliphatic hydroxyl groups is 1. The number of aliphatic hydroxyl groups excluding tert-OH is 1. The number of allylic oxidation sites excluding steroid dienone is 4. The first kappa shape index (κ1) is 45.8. The molecule has 47 heavy (non-hydrogen) atoms. The molecule has 0 aromatic carbocycles. The van der Waals surface area contributed by atoms with E-state index in [-0.39, 0.29) is 5.91 Å². The molecule has 0 saturated carbocycles. The average molecular weight is 684 g/mol. The van der Waals surface area contributed by atoms with Gasteiger partial charge in [0.05, 0.1) is 17.9 Å². The van der Waals surface area contributed by atoms with Crippen LogP contribution in [0.2, 0.25) is 0 Å². The molecule has 1 amide bonds. The van der Waals surface area contributed by atoms with Gasteiger partial charge in [-0.05, 0) is 38.5 Å². The van der Waals surface area contributed by atoms with Crippen LogP contribution in [0.15, 0.2) is 24.3 Å². The molecular weight excluding hydrogens is 607 g/mol. The van der Waals surface area contributed by atoms with Crippen LogP contribution in [0.4, 0.5) is 0 Å². The molecule has 0 aliphatic carbocycles. The first-order chi connectivity index (χ1) is 22.8. The Morgan fingerprint density at radius 3 is 1.47 bits per heavy atom. The van der Waals surface area contributed by atoms with Crippen molar-refractivity contribution in [3.63, 3.8) is 0 Å². The molecule has 6 nitrogen and oxygen atoms in total. The van der Waals surface area contributed by atoms with Gasteiger partial charge >= 0.3 is 0 Å². The Balaban J connectivity index is 3.85. The number of unbranched alkanes of at least 4 members (excludes halogenated alkanes) is 24. The fraction of sp³-hybridized carbons (Fsp3) is 0.875. The van der Waals surface area contributed by atoms with Crippen molar-refractivity contribution in [3.8, 4) is 0 Å². The van der Waals surface area contributed by atoms with Gasteiger partial charge in [0.1, 0.15) is 0 Å². The third kappa shape index (κ3) is 35.9. The number of amides is 1. The molecule has 7 heteroatoms. The standard InChI is InChI=1S/C40H77NO5S/c1-3-5-7-9-11-13-15-17-18-19-20-21-22-24-25-27-29-31-33-35-39(42)38(37-47(44,45)46)41-40(43)36-34-32-30-28-26-23-16-14-12-10-8-6-4-2/h8,10,14,16,38-39,42H,3-7,9,11-13,15,17-37H2,1-2H3,(H,41,43)(H,44,45,46)/b10-8-,16-14-. The summed E-state index contributed by atoms with van der Waals surface area (Å²) in [5.74, 6) is -0.911. The van der Waals surface area contributed by atoms with Crippen molar-refractivity contribution in [1.82, 2.24) is 5.32 Å². The van der Waals surface area contributed by atoms with E-state index >= 15 is 0 Å². The molecule has 0 bridgehead atoms. The number of hydrogen-bond acceptors (Lipinski definition) is 4. The lowest BCUT2D eigenvalue weighted by molar-refractivity contribution is -0.122. The van der Waals surface area contributed by atoms with E-state index in [1.54, 1.807) is 0 Å².